The van der Waals surface area contributed by atoms with Crippen LogP contribution in [-0.4, -0.2) is 43.0 Å². The quantitative estimate of drug-likeness (QED) is 0.359. The highest BCUT2D eigenvalue weighted by Gasteiger charge is 2.39. The van der Waals surface area contributed by atoms with Gasteiger partial charge in [-0.15, -0.1) is 0 Å². The van der Waals surface area contributed by atoms with E-state index in [1.165, 1.54) is 24.3 Å². The van der Waals surface area contributed by atoms with Crippen LogP contribution in [0.2, 0.25) is 0 Å². The Labute approximate surface area is 131 Å². The average molecular weight is 325 g/mol. The zero-order valence-corrected chi connectivity index (χ0v) is 12.1. The zero-order chi connectivity index (χ0) is 16.2. The summed E-state index contributed by atoms with van der Waals surface area (Å²) in [7, 11) is 0. The van der Waals surface area contributed by atoms with Gasteiger partial charge in [0.25, 0.3) is 5.69 Å². The second-order valence-corrected chi connectivity index (χ2v) is 5.16. The number of fused-ring (bicyclic) bond motifs is 1. The number of benzene rings is 1. The molecule has 2 aliphatic rings. The van der Waals surface area contributed by atoms with E-state index in [0.29, 0.717) is 12.8 Å². The highest BCUT2D eigenvalue weighted by atomic mass is 16.8. The Morgan fingerprint density at radius 2 is 1.74 bits per heavy atom. The number of carbonyl (C=O) groups is 1. The van der Waals surface area contributed by atoms with Gasteiger partial charge in [0.1, 0.15) is 25.4 Å². The monoisotopic (exact) mass is 325 g/mol. The van der Waals surface area contributed by atoms with Crippen LogP contribution in [0.5, 0.6) is 5.75 Å². The van der Waals surface area contributed by atoms with Gasteiger partial charge in [0.15, 0.2) is 0 Å². The summed E-state index contributed by atoms with van der Waals surface area (Å²) in [5.41, 5.74) is -0.0850. The predicted octanol–water partition coefficient (Wildman–Crippen LogP) is 1.99. The van der Waals surface area contributed by atoms with E-state index in [1.54, 1.807) is 0 Å². The first kappa shape index (κ1) is 15.7. The van der Waals surface area contributed by atoms with Crippen LogP contribution in [0.15, 0.2) is 24.3 Å². The first-order chi connectivity index (χ1) is 11.1. The van der Waals surface area contributed by atoms with Crippen molar-refractivity contribution in [3.8, 4) is 5.75 Å². The zero-order valence-electron chi connectivity index (χ0n) is 12.1. The molecule has 0 N–H and O–H groups in total. The lowest BCUT2D eigenvalue weighted by Gasteiger charge is -2.12. The predicted molar refractivity (Wildman–Crippen MR) is 73.8 cm³/mol. The SMILES string of the molecule is O=C(Oc1ccc([N+](=O)[O-])cc1)O[C@H]1C[C@@H]2OCOCO[C@@H]2C1. The Morgan fingerprint density at radius 1 is 1.13 bits per heavy atom. The lowest BCUT2D eigenvalue weighted by Crippen LogP contribution is -2.23. The van der Waals surface area contributed by atoms with Crippen molar-refractivity contribution in [1.29, 1.82) is 0 Å². The smallest absolute Gasteiger partial charge is 0.430 e. The van der Waals surface area contributed by atoms with E-state index in [2.05, 4.69) is 0 Å². The third kappa shape index (κ3) is 3.95. The highest BCUT2D eigenvalue weighted by Crippen LogP contribution is 2.29. The van der Waals surface area contributed by atoms with Gasteiger partial charge < -0.3 is 23.7 Å². The molecule has 0 bridgehead atoms. The van der Waals surface area contributed by atoms with Gasteiger partial charge in [-0.1, -0.05) is 0 Å². The van der Waals surface area contributed by atoms with Crippen LogP contribution in [0.3, 0.4) is 0 Å². The molecule has 1 aromatic rings. The van der Waals surface area contributed by atoms with Crippen molar-refractivity contribution < 1.29 is 33.4 Å². The van der Waals surface area contributed by atoms with Crippen molar-refractivity contribution >= 4 is 11.8 Å². The molecule has 1 aliphatic heterocycles. The maximum atomic E-state index is 11.8. The maximum absolute atomic E-state index is 11.8. The Kier molecular flexibility index (Phi) is 4.70. The molecule has 0 amide bonds. The van der Waals surface area contributed by atoms with E-state index in [9.17, 15) is 14.9 Å². The standard InChI is InChI=1S/C14H15NO8/c16-14(22-10-3-1-9(2-4-10)15(17)18)23-11-5-12-13(6-11)21-8-19-7-20-12/h1-4,11-13H,5-8H2/t11-,12-,13+. The van der Waals surface area contributed by atoms with Gasteiger partial charge >= 0.3 is 6.16 Å². The fraction of sp³-hybridized carbons (Fsp3) is 0.500. The van der Waals surface area contributed by atoms with Gasteiger partial charge in [0.2, 0.25) is 0 Å². The van der Waals surface area contributed by atoms with Crippen molar-refractivity contribution in [1.82, 2.24) is 0 Å². The molecule has 3 atom stereocenters. The molecule has 124 valence electrons. The largest absolute Gasteiger partial charge is 0.514 e. The average Bonchev–Trinajstić information content (AvgIpc) is 2.76. The summed E-state index contributed by atoms with van der Waals surface area (Å²) >= 11 is 0. The lowest BCUT2D eigenvalue weighted by molar-refractivity contribution is -0.384. The van der Waals surface area contributed by atoms with Crippen LogP contribution in [0, 0.1) is 10.1 Å². The Bertz CT molecular complexity index is 561. The number of non-ortho nitro benzene ring substituents is 1. The van der Waals surface area contributed by atoms with Crippen molar-refractivity contribution in [2.45, 2.75) is 31.2 Å². The number of nitrogens with zero attached hydrogens (tertiary/aromatic N) is 1. The van der Waals surface area contributed by atoms with Gasteiger partial charge in [-0.25, -0.2) is 4.79 Å². The fourth-order valence-corrected chi connectivity index (χ4v) is 2.56. The normalized spacial score (nSPS) is 26.9. The van der Waals surface area contributed by atoms with Gasteiger partial charge in [0.05, 0.1) is 17.1 Å². The number of nitro groups is 1. The number of ether oxygens (including phenoxy) is 5. The Hall–Kier alpha value is -2.23. The molecule has 1 aliphatic carbocycles. The summed E-state index contributed by atoms with van der Waals surface area (Å²) in [5, 5.41) is 10.6. The topological polar surface area (TPSA) is 106 Å². The van der Waals surface area contributed by atoms with Crippen molar-refractivity contribution in [3.05, 3.63) is 34.4 Å². The molecule has 3 rings (SSSR count). The van der Waals surface area contributed by atoms with Gasteiger partial charge in [-0.3, -0.25) is 10.1 Å². The highest BCUT2D eigenvalue weighted by molar-refractivity contribution is 5.64. The summed E-state index contributed by atoms with van der Waals surface area (Å²) in [4.78, 5) is 21.8. The van der Waals surface area contributed by atoms with E-state index >= 15 is 0 Å². The molecule has 9 nitrogen and oxygen atoms in total. The molecule has 0 unspecified atom stereocenters. The van der Waals surface area contributed by atoms with E-state index in [1.807, 2.05) is 0 Å². The molecule has 0 radical (unpaired) electrons. The second-order valence-electron chi connectivity index (χ2n) is 5.16. The molecule has 9 heteroatoms. The molecular formula is C14H15NO8. The minimum Gasteiger partial charge on any atom is -0.430 e. The maximum Gasteiger partial charge on any atom is 0.514 e. The molecule has 2 fully saturated rings. The van der Waals surface area contributed by atoms with E-state index in [0.717, 1.165) is 0 Å². The molecule has 1 aromatic carbocycles. The van der Waals surface area contributed by atoms with Crippen molar-refractivity contribution in [2.75, 3.05) is 13.6 Å². The van der Waals surface area contributed by atoms with Crippen LogP contribution < -0.4 is 4.74 Å². The summed E-state index contributed by atoms with van der Waals surface area (Å²) in [6.45, 7) is 0.308. The number of rotatable bonds is 3. The van der Waals surface area contributed by atoms with E-state index < -0.39 is 11.1 Å². The molecular weight excluding hydrogens is 310 g/mol. The van der Waals surface area contributed by atoms with Gasteiger partial charge in [-0.2, -0.15) is 0 Å². The van der Waals surface area contributed by atoms with E-state index in [-0.39, 0.29) is 43.3 Å². The molecule has 0 spiro atoms. The summed E-state index contributed by atoms with van der Waals surface area (Å²) < 4.78 is 26.2. The van der Waals surface area contributed by atoms with Crippen LogP contribution in [0.25, 0.3) is 0 Å². The lowest BCUT2D eigenvalue weighted by atomic mass is 10.3. The molecule has 1 saturated carbocycles. The van der Waals surface area contributed by atoms with E-state index in [4.69, 9.17) is 23.7 Å². The molecule has 23 heavy (non-hydrogen) atoms. The second kappa shape index (κ2) is 6.90. The van der Waals surface area contributed by atoms with Crippen molar-refractivity contribution in [2.24, 2.45) is 0 Å². The van der Waals surface area contributed by atoms with Gasteiger partial charge in [-0.05, 0) is 12.1 Å². The van der Waals surface area contributed by atoms with Crippen molar-refractivity contribution in [3.63, 3.8) is 0 Å². The summed E-state index contributed by atoms with van der Waals surface area (Å²) in [6, 6.07) is 5.17. The Balaban J connectivity index is 1.50. The Morgan fingerprint density at radius 3 is 2.30 bits per heavy atom. The number of hydrogen-bond donors (Lipinski definition) is 0. The summed E-state index contributed by atoms with van der Waals surface area (Å²) in [6.07, 6.45) is -0.568. The molecule has 1 saturated heterocycles. The number of hydrogen-bond acceptors (Lipinski definition) is 8. The number of carbonyl (C=O) groups excluding carboxylic acids is 1. The third-order valence-electron chi connectivity index (χ3n) is 3.65. The fourth-order valence-electron chi connectivity index (χ4n) is 2.56. The van der Waals surface area contributed by atoms with Crippen LogP contribution in [-0.2, 0) is 18.9 Å². The summed E-state index contributed by atoms with van der Waals surface area (Å²) in [5.74, 6) is 0.175. The van der Waals surface area contributed by atoms with Crippen LogP contribution in [0.4, 0.5) is 10.5 Å². The first-order valence-electron chi connectivity index (χ1n) is 7.05. The minimum absolute atomic E-state index is 0.0850. The van der Waals surface area contributed by atoms with Crippen LogP contribution >= 0.6 is 0 Å². The molecule has 1 heterocycles. The first-order valence-corrected chi connectivity index (χ1v) is 7.05. The minimum atomic E-state index is -0.864. The van der Waals surface area contributed by atoms with Gasteiger partial charge in [0, 0.05) is 25.0 Å². The number of nitro benzene ring substituents is 1. The third-order valence-corrected chi connectivity index (χ3v) is 3.65. The molecule has 0 aromatic heterocycles. The van der Waals surface area contributed by atoms with Crippen LogP contribution in [0.1, 0.15) is 12.8 Å².